The van der Waals surface area contributed by atoms with E-state index in [1.165, 1.54) is 5.56 Å². The summed E-state index contributed by atoms with van der Waals surface area (Å²) in [5.74, 6) is 1.32. The molecule has 0 saturated carbocycles. The van der Waals surface area contributed by atoms with Gasteiger partial charge >= 0.3 is 0 Å². The Labute approximate surface area is 117 Å². The number of benzene rings is 1. The number of aliphatic hydroxyl groups excluding tert-OH is 1. The molecule has 104 valence electrons. The van der Waals surface area contributed by atoms with Crippen molar-refractivity contribution in [1.82, 2.24) is 10.1 Å². The monoisotopic (exact) mass is 271 g/mol. The maximum absolute atomic E-state index is 9.53. The van der Waals surface area contributed by atoms with Crippen LogP contribution >= 0.6 is 0 Å². The minimum Gasteiger partial charge on any atom is -0.392 e. The van der Waals surface area contributed by atoms with Gasteiger partial charge in [0.2, 0.25) is 11.7 Å². The predicted octanol–water partition coefficient (Wildman–Crippen LogP) is 2.68. The molecule has 2 rings (SSSR count). The lowest BCUT2D eigenvalue weighted by Crippen LogP contribution is -2.09. The maximum atomic E-state index is 9.53. The fraction of sp³-hybridized carbons (Fsp3) is 0.400. The number of aromatic nitrogens is 2. The van der Waals surface area contributed by atoms with Crippen LogP contribution in [0.25, 0.3) is 11.4 Å². The molecule has 2 aromatic rings. The molecule has 1 heterocycles. The summed E-state index contributed by atoms with van der Waals surface area (Å²) in [5, 5.41) is 21.9. The van der Waals surface area contributed by atoms with E-state index < -0.39 is 6.10 Å². The van der Waals surface area contributed by atoms with Crippen molar-refractivity contribution in [2.45, 2.75) is 38.7 Å². The third-order valence-electron chi connectivity index (χ3n) is 3.04. The highest BCUT2D eigenvalue weighted by Crippen LogP contribution is 2.20. The molecule has 0 bridgehead atoms. The van der Waals surface area contributed by atoms with Crippen LogP contribution in [0, 0.1) is 11.3 Å². The lowest BCUT2D eigenvalue weighted by molar-refractivity contribution is 0.167. The summed E-state index contributed by atoms with van der Waals surface area (Å²) in [5.41, 5.74) is 2.13. The summed E-state index contributed by atoms with van der Waals surface area (Å²) in [7, 11) is 0. The third-order valence-corrected chi connectivity index (χ3v) is 3.04. The van der Waals surface area contributed by atoms with Crippen LogP contribution in [0.5, 0.6) is 0 Å². The number of nitriles is 1. The molecule has 0 amide bonds. The fourth-order valence-corrected chi connectivity index (χ4v) is 1.85. The van der Waals surface area contributed by atoms with Crippen LogP contribution in [0.2, 0.25) is 0 Å². The molecule has 0 saturated heterocycles. The van der Waals surface area contributed by atoms with Crippen LogP contribution in [0.3, 0.4) is 0 Å². The van der Waals surface area contributed by atoms with E-state index in [4.69, 9.17) is 9.78 Å². The summed E-state index contributed by atoms with van der Waals surface area (Å²) in [6.45, 7) is 4.27. The van der Waals surface area contributed by atoms with Gasteiger partial charge in [0.25, 0.3) is 0 Å². The van der Waals surface area contributed by atoms with Gasteiger partial charge in [-0.25, -0.2) is 0 Å². The Kier molecular flexibility index (Phi) is 4.49. The molecule has 1 unspecified atom stereocenters. The topological polar surface area (TPSA) is 82.9 Å². The van der Waals surface area contributed by atoms with Crippen LogP contribution in [0.15, 0.2) is 28.8 Å². The van der Waals surface area contributed by atoms with E-state index in [1.54, 1.807) is 0 Å². The van der Waals surface area contributed by atoms with Gasteiger partial charge in [0, 0.05) is 5.56 Å². The molecule has 1 aromatic heterocycles. The first-order valence-electron chi connectivity index (χ1n) is 6.58. The number of hydrogen-bond acceptors (Lipinski definition) is 5. The predicted molar refractivity (Wildman–Crippen MR) is 73.8 cm³/mol. The van der Waals surface area contributed by atoms with E-state index in [2.05, 4.69) is 24.0 Å². The van der Waals surface area contributed by atoms with Gasteiger partial charge in [-0.15, -0.1) is 0 Å². The summed E-state index contributed by atoms with van der Waals surface area (Å²) in [6, 6.07) is 9.90. The van der Waals surface area contributed by atoms with Crippen molar-refractivity contribution in [1.29, 1.82) is 5.26 Å². The molecular weight excluding hydrogens is 254 g/mol. The number of rotatable bonds is 5. The first kappa shape index (κ1) is 14.2. The number of nitrogens with zero attached hydrogens (tertiary/aromatic N) is 3. The molecule has 0 spiro atoms. The highest BCUT2D eigenvalue weighted by Gasteiger charge is 2.13. The lowest BCUT2D eigenvalue weighted by Gasteiger charge is -2.04. The average molecular weight is 271 g/mol. The van der Waals surface area contributed by atoms with Gasteiger partial charge in [0.15, 0.2) is 0 Å². The molecule has 5 heteroatoms. The van der Waals surface area contributed by atoms with E-state index in [9.17, 15) is 5.11 Å². The van der Waals surface area contributed by atoms with Gasteiger partial charge in [0.05, 0.1) is 25.0 Å². The first-order chi connectivity index (χ1) is 9.60. The largest absolute Gasteiger partial charge is 0.392 e. The Morgan fingerprint density at radius 2 is 2.00 bits per heavy atom. The smallest absolute Gasteiger partial charge is 0.229 e. The molecule has 1 aromatic carbocycles. The standard InChI is InChI=1S/C15H17N3O2/c1-10(2)11-3-5-12(6-4-11)15-17-14(20-18-15)9-13(19)7-8-16/h3-6,10,13,19H,7,9H2,1-2H3. The molecule has 0 aliphatic rings. The van der Waals surface area contributed by atoms with Gasteiger partial charge in [0.1, 0.15) is 0 Å². The van der Waals surface area contributed by atoms with Crippen molar-refractivity contribution < 1.29 is 9.63 Å². The molecular formula is C15H17N3O2. The average Bonchev–Trinajstić information content (AvgIpc) is 2.87. The zero-order valence-corrected chi connectivity index (χ0v) is 11.6. The van der Waals surface area contributed by atoms with Gasteiger partial charge in [-0.05, 0) is 11.5 Å². The molecule has 0 radical (unpaired) electrons. The van der Waals surface area contributed by atoms with Gasteiger partial charge in [-0.2, -0.15) is 10.2 Å². The molecule has 0 aliphatic carbocycles. The highest BCUT2D eigenvalue weighted by molar-refractivity contribution is 5.54. The molecule has 0 aliphatic heterocycles. The Morgan fingerprint density at radius 3 is 2.60 bits per heavy atom. The quantitative estimate of drug-likeness (QED) is 0.903. The molecule has 20 heavy (non-hydrogen) atoms. The zero-order chi connectivity index (χ0) is 14.5. The van der Waals surface area contributed by atoms with Crippen LogP contribution in [-0.2, 0) is 6.42 Å². The molecule has 5 nitrogen and oxygen atoms in total. The Morgan fingerprint density at radius 1 is 1.30 bits per heavy atom. The van der Waals surface area contributed by atoms with Crippen LogP contribution < -0.4 is 0 Å². The second-order valence-electron chi connectivity index (χ2n) is 5.01. The minimum absolute atomic E-state index is 0.0563. The van der Waals surface area contributed by atoms with Gasteiger partial charge < -0.3 is 9.63 Å². The van der Waals surface area contributed by atoms with Crippen LogP contribution in [0.4, 0.5) is 0 Å². The third kappa shape index (κ3) is 3.43. The van der Waals surface area contributed by atoms with E-state index in [1.807, 2.05) is 30.3 Å². The Hall–Kier alpha value is -2.19. The SMILES string of the molecule is CC(C)c1ccc(-c2noc(CC(O)CC#N)n2)cc1. The van der Waals surface area contributed by atoms with Crippen molar-refractivity contribution in [2.24, 2.45) is 0 Å². The summed E-state index contributed by atoms with van der Waals surface area (Å²) in [6.07, 6.45) is -0.512. The van der Waals surface area contributed by atoms with Crippen molar-refractivity contribution in [3.05, 3.63) is 35.7 Å². The first-order valence-corrected chi connectivity index (χ1v) is 6.58. The maximum Gasteiger partial charge on any atom is 0.229 e. The van der Waals surface area contributed by atoms with Crippen molar-refractivity contribution >= 4 is 0 Å². The molecule has 1 atom stereocenters. The van der Waals surface area contributed by atoms with Gasteiger partial charge in [-0.3, -0.25) is 0 Å². The van der Waals surface area contributed by atoms with Gasteiger partial charge in [-0.1, -0.05) is 43.3 Å². The second-order valence-corrected chi connectivity index (χ2v) is 5.01. The van der Waals surface area contributed by atoms with E-state index in [0.717, 1.165) is 5.56 Å². The zero-order valence-electron chi connectivity index (χ0n) is 11.6. The fourth-order valence-electron chi connectivity index (χ4n) is 1.85. The normalized spacial score (nSPS) is 12.3. The molecule has 1 N–H and O–H groups in total. The lowest BCUT2D eigenvalue weighted by atomic mass is 10.0. The van der Waals surface area contributed by atoms with Crippen LogP contribution in [-0.4, -0.2) is 21.4 Å². The minimum atomic E-state index is -0.767. The summed E-state index contributed by atoms with van der Waals surface area (Å²) in [4.78, 5) is 4.23. The molecule has 0 fully saturated rings. The second kappa shape index (κ2) is 6.31. The van der Waals surface area contributed by atoms with E-state index in [0.29, 0.717) is 17.6 Å². The Bertz CT molecular complexity index is 596. The number of aliphatic hydroxyl groups is 1. The van der Waals surface area contributed by atoms with Crippen molar-refractivity contribution in [3.63, 3.8) is 0 Å². The summed E-state index contributed by atoms with van der Waals surface area (Å²) >= 11 is 0. The summed E-state index contributed by atoms with van der Waals surface area (Å²) < 4.78 is 5.08. The van der Waals surface area contributed by atoms with E-state index >= 15 is 0 Å². The van der Waals surface area contributed by atoms with Crippen molar-refractivity contribution in [3.8, 4) is 17.5 Å². The van der Waals surface area contributed by atoms with E-state index in [-0.39, 0.29) is 12.8 Å². The number of hydrogen-bond donors (Lipinski definition) is 1. The Balaban J connectivity index is 2.10. The van der Waals surface area contributed by atoms with Crippen molar-refractivity contribution in [2.75, 3.05) is 0 Å². The van der Waals surface area contributed by atoms with Crippen LogP contribution in [0.1, 0.15) is 37.6 Å². The highest BCUT2D eigenvalue weighted by atomic mass is 16.5.